The number of rotatable bonds is 2. The molecule has 0 radical (unpaired) electrons. The topological polar surface area (TPSA) is 68.0 Å². The molecule has 1 aromatic carbocycles. The highest BCUT2D eigenvalue weighted by Crippen LogP contribution is 2.35. The highest BCUT2D eigenvalue weighted by Gasteiger charge is 2.39. The largest absolute Gasteiger partial charge is 0.397 e. The third-order valence-corrected chi connectivity index (χ3v) is 5.09. The number of anilines is 2. The van der Waals surface area contributed by atoms with Crippen molar-refractivity contribution in [3.8, 4) is 0 Å². The Kier molecular flexibility index (Phi) is 4.05. The number of nitrogens with zero attached hydrogens (tertiary/aromatic N) is 2. The predicted octanol–water partition coefficient (Wildman–Crippen LogP) is 1.19. The lowest BCUT2D eigenvalue weighted by atomic mass is 10.1. The number of ether oxygens (including phenoxy) is 2. The van der Waals surface area contributed by atoms with Crippen molar-refractivity contribution in [1.29, 1.82) is 0 Å². The number of halogens is 1. The van der Waals surface area contributed by atoms with E-state index in [0.717, 1.165) is 24.3 Å². The van der Waals surface area contributed by atoms with E-state index in [4.69, 9.17) is 15.2 Å². The van der Waals surface area contributed by atoms with Gasteiger partial charge >= 0.3 is 0 Å². The summed E-state index contributed by atoms with van der Waals surface area (Å²) in [7, 11) is 0. The molecule has 2 N–H and O–H groups in total. The average molecular weight is 335 g/mol. The molecule has 130 valence electrons. The minimum atomic E-state index is -1.13. The molecule has 7 heteroatoms. The maximum absolute atomic E-state index is 14.2. The van der Waals surface area contributed by atoms with Gasteiger partial charge in [0.15, 0.2) is 0 Å². The lowest BCUT2D eigenvalue weighted by molar-refractivity contribution is -0.0216. The second kappa shape index (κ2) is 6.22. The Morgan fingerprint density at radius 2 is 1.96 bits per heavy atom. The van der Waals surface area contributed by atoms with Crippen molar-refractivity contribution in [2.75, 3.05) is 50.2 Å². The molecule has 0 spiro atoms. The van der Waals surface area contributed by atoms with Crippen molar-refractivity contribution in [2.45, 2.75) is 25.2 Å². The van der Waals surface area contributed by atoms with Gasteiger partial charge in [0.05, 0.1) is 37.2 Å². The third-order valence-electron chi connectivity index (χ3n) is 5.09. The molecule has 24 heavy (non-hydrogen) atoms. The standard InChI is InChI=1S/C17H22FN3O3/c18-13-10-24-4-1-15(13)21-9-11-7-14(19)16(8-12(11)17(21)22)20-2-5-23-6-3-20/h7-8,13,15H,1-6,9-10,19H2/t13-,15?/m0/s1. The molecule has 3 aliphatic heterocycles. The van der Waals surface area contributed by atoms with Crippen LogP contribution in [0.5, 0.6) is 0 Å². The fraction of sp³-hybridized carbons (Fsp3) is 0.588. The maximum atomic E-state index is 14.2. The van der Waals surface area contributed by atoms with Crippen LogP contribution in [0.2, 0.25) is 0 Å². The van der Waals surface area contributed by atoms with Crippen LogP contribution in [-0.2, 0) is 16.0 Å². The molecule has 0 aliphatic carbocycles. The highest BCUT2D eigenvalue weighted by molar-refractivity contribution is 6.00. The minimum absolute atomic E-state index is 0.0615. The van der Waals surface area contributed by atoms with Crippen LogP contribution in [0.1, 0.15) is 22.3 Å². The number of nitrogens with two attached hydrogens (primary N) is 1. The van der Waals surface area contributed by atoms with Crippen LogP contribution in [0, 0.1) is 0 Å². The SMILES string of the molecule is Nc1cc2c(cc1N1CCOCC1)C(=O)N(C1CCOC[C@@H]1F)C2. The number of morpholine rings is 1. The van der Waals surface area contributed by atoms with Crippen molar-refractivity contribution in [3.63, 3.8) is 0 Å². The minimum Gasteiger partial charge on any atom is -0.397 e. The van der Waals surface area contributed by atoms with Crippen LogP contribution in [-0.4, -0.2) is 62.5 Å². The Bertz CT molecular complexity index is 648. The molecule has 4 rings (SSSR count). The lowest BCUT2D eigenvalue weighted by Crippen LogP contribution is -2.47. The third kappa shape index (κ3) is 2.61. The van der Waals surface area contributed by atoms with E-state index in [2.05, 4.69) is 4.90 Å². The molecule has 1 amide bonds. The molecule has 3 heterocycles. The summed E-state index contributed by atoms with van der Waals surface area (Å²) in [6.07, 6.45) is -0.597. The molecule has 0 bridgehead atoms. The summed E-state index contributed by atoms with van der Waals surface area (Å²) in [4.78, 5) is 16.6. The van der Waals surface area contributed by atoms with Crippen LogP contribution >= 0.6 is 0 Å². The number of fused-ring (bicyclic) bond motifs is 1. The Morgan fingerprint density at radius 1 is 1.17 bits per heavy atom. The van der Waals surface area contributed by atoms with Gasteiger partial charge in [-0.2, -0.15) is 0 Å². The molecule has 0 saturated carbocycles. The fourth-order valence-corrected chi connectivity index (χ4v) is 3.78. The van der Waals surface area contributed by atoms with E-state index in [9.17, 15) is 9.18 Å². The first-order valence-corrected chi connectivity index (χ1v) is 8.43. The van der Waals surface area contributed by atoms with Crippen LogP contribution in [0.3, 0.4) is 0 Å². The van der Waals surface area contributed by atoms with Gasteiger partial charge in [-0.05, 0) is 24.1 Å². The van der Waals surface area contributed by atoms with Gasteiger partial charge in [-0.1, -0.05) is 0 Å². The molecular formula is C17H22FN3O3. The average Bonchev–Trinajstić information content (AvgIpc) is 2.91. The van der Waals surface area contributed by atoms with E-state index in [0.29, 0.717) is 44.0 Å². The zero-order chi connectivity index (χ0) is 16.7. The van der Waals surface area contributed by atoms with Gasteiger partial charge in [0.2, 0.25) is 0 Å². The van der Waals surface area contributed by atoms with Crippen LogP contribution < -0.4 is 10.6 Å². The van der Waals surface area contributed by atoms with Gasteiger partial charge in [0, 0.05) is 31.8 Å². The molecule has 2 saturated heterocycles. The summed E-state index contributed by atoms with van der Waals surface area (Å²) in [6.45, 7) is 3.80. The first-order chi connectivity index (χ1) is 11.6. The van der Waals surface area contributed by atoms with Gasteiger partial charge in [0.25, 0.3) is 5.91 Å². The zero-order valence-corrected chi connectivity index (χ0v) is 13.5. The van der Waals surface area contributed by atoms with Gasteiger partial charge < -0.3 is 25.0 Å². The molecular weight excluding hydrogens is 313 g/mol. The van der Waals surface area contributed by atoms with E-state index < -0.39 is 12.2 Å². The molecule has 2 atom stereocenters. The molecule has 0 aromatic heterocycles. The van der Waals surface area contributed by atoms with Crippen molar-refractivity contribution in [3.05, 3.63) is 23.3 Å². The van der Waals surface area contributed by atoms with E-state index in [1.54, 1.807) is 4.90 Å². The molecule has 2 fully saturated rings. The Balaban J connectivity index is 1.61. The second-order valence-electron chi connectivity index (χ2n) is 6.55. The van der Waals surface area contributed by atoms with Gasteiger partial charge in [-0.3, -0.25) is 4.79 Å². The van der Waals surface area contributed by atoms with Crippen molar-refractivity contribution >= 4 is 17.3 Å². The molecule has 3 aliphatic rings. The van der Waals surface area contributed by atoms with E-state index in [1.807, 2.05) is 12.1 Å². The Morgan fingerprint density at radius 3 is 2.71 bits per heavy atom. The lowest BCUT2D eigenvalue weighted by Gasteiger charge is -2.33. The number of carbonyl (C=O) groups is 1. The van der Waals surface area contributed by atoms with E-state index in [1.165, 1.54) is 0 Å². The molecule has 6 nitrogen and oxygen atoms in total. The summed E-state index contributed by atoms with van der Waals surface area (Å²) < 4.78 is 24.7. The Labute approximate surface area is 140 Å². The quantitative estimate of drug-likeness (QED) is 0.822. The summed E-state index contributed by atoms with van der Waals surface area (Å²) >= 11 is 0. The highest BCUT2D eigenvalue weighted by atomic mass is 19.1. The van der Waals surface area contributed by atoms with Gasteiger partial charge in [-0.25, -0.2) is 4.39 Å². The number of benzene rings is 1. The number of nitrogen functional groups attached to an aromatic ring is 1. The molecule has 1 unspecified atom stereocenters. The fourth-order valence-electron chi connectivity index (χ4n) is 3.78. The van der Waals surface area contributed by atoms with Crippen molar-refractivity contribution in [2.24, 2.45) is 0 Å². The van der Waals surface area contributed by atoms with E-state index in [-0.39, 0.29) is 12.5 Å². The van der Waals surface area contributed by atoms with Crippen LogP contribution in [0.15, 0.2) is 12.1 Å². The second-order valence-corrected chi connectivity index (χ2v) is 6.55. The maximum Gasteiger partial charge on any atom is 0.254 e. The number of amides is 1. The number of hydrogen-bond donors (Lipinski definition) is 1. The van der Waals surface area contributed by atoms with Crippen LogP contribution in [0.25, 0.3) is 0 Å². The van der Waals surface area contributed by atoms with Crippen LogP contribution in [0.4, 0.5) is 15.8 Å². The number of alkyl halides is 1. The monoisotopic (exact) mass is 335 g/mol. The zero-order valence-electron chi connectivity index (χ0n) is 13.5. The van der Waals surface area contributed by atoms with Gasteiger partial charge in [0.1, 0.15) is 6.17 Å². The predicted molar refractivity (Wildman–Crippen MR) is 87.9 cm³/mol. The van der Waals surface area contributed by atoms with E-state index >= 15 is 0 Å². The first-order valence-electron chi connectivity index (χ1n) is 8.43. The normalized spacial score (nSPS) is 27.5. The smallest absolute Gasteiger partial charge is 0.254 e. The molecule has 1 aromatic rings. The van der Waals surface area contributed by atoms with Gasteiger partial charge in [-0.15, -0.1) is 0 Å². The Hall–Kier alpha value is -1.86. The van der Waals surface area contributed by atoms with Crippen molar-refractivity contribution in [1.82, 2.24) is 4.90 Å². The number of carbonyl (C=O) groups excluding carboxylic acids is 1. The number of hydrogen-bond acceptors (Lipinski definition) is 5. The summed E-state index contributed by atoms with van der Waals surface area (Å²) in [5.41, 5.74) is 9.27. The summed E-state index contributed by atoms with van der Waals surface area (Å²) in [5, 5.41) is 0. The summed E-state index contributed by atoms with van der Waals surface area (Å²) in [6, 6.07) is 3.32. The summed E-state index contributed by atoms with van der Waals surface area (Å²) in [5.74, 6) is -0.103. The first kappa shape index (κ1) is 15.7. The van der Waals surface area contributed by atoms with Crippen molar-refractivity contribution < 1.29 is 18.7 Å².